The lowest BCUT2D eigenvalue weighted by molar-refractivity contribution is -0.136. The Morgan fingerprint density at radius 1 is 1.00 bits per heavy atom. The number of amides is 2. The van der Waals surface area contributed by atoms with E-state index < -0.39 is 11.8 Å². The SMILES string of the molecule is COc1cccc(NC(=O)C(=O)NCc2ccc(-c3ccoc3)cc2)c1. The van der Waals surface area contributed by atoms with Gasteiger partial charge in [-0.15, -0.1) is 0 Å². The third-order valence-corrected chi connectivity index (χ3v) is 3.80. The summed E-state index contributed by atoms with van der Waals surface area (Å²) in [4.78, 5) is 23.9. The highest BCUT2D eigenvalue weighted by Crippen LogP contribution is 2.20. The van der Waals surface area contributed by atoms with Gasteiger partial charge in [0.15, 0.2) is 0 Å². The molecule has 0 atom stereocenters. The van der Waals surface area contributed by atoms with Gasteiger partial charge in [0.05, 0.1) is 19.6 Å². The number of furan rings is 1. The summed E-state index contributed by atoms with van der Waals surface area (Å²) in [6, 6.07) is 16.3. The van der Waals surface area contributed by atoms with E-state index in [1.54, 1.807) is 36.8 Å². The molecule has 6 nitrogen and oxygen atoms in total. The first-order valence-corrected chi connectivity index (χ1v) is 8.00. The Morgan fingerprint density at radius 2 is 1.81 bits per heavy atom. The molecule has 0 aliphatic heterocycles. The van der Waals surface area contributed by atoms with E-state index in [1.165, 1.54) is 7.11 Å². The molecule has 0 saturated heterocycles. The summed E-state index contributed by atoms with van der Waals surface area (Å²) in [7, 11) is 1.53. The van der Waals surface area contributed by atoms with E-state index in [2.05, 4.69) is 10.6 Å². The third-order valence-electron chi connectivity index (χ3n) is 3.80. The molecular formula is C20H18N2O4. The largest absolute Gasteiger partial charge is 0.497 e. The van der Waals surface area contributed by atoms with Crippen LogP contribution in [0.1, 0.15) is 5.56 Å². The Labute approximate surface area is 150 Å². The van der Waals surface area contributed by atoms with Crippen LogP contribution in [0.3, 0.4) is 0 Å². The van der Waals surface area contributed by atoms with E-state index in [1.807, 2.05) is 30.3 Å². The van der Waals surface area contributed by atoms with E-state index >= 15 is 0 Å². The van der Waals surface area contributed by atoms with Crippen LogP contribution in [-0.2, 0) is 16.1 Å². The van der Waals surface area contributed by atoms with Gasteiger partial charge in [-0.1, -0.05) is 30.3 Å². The fraction of sp³-hybridized carbons (Fsp3) is 0.100. The lowest BCUT2D eigenvalue weighted by Gasteiger charge is -2.08. The Morgan fingerprint density at radius 3 is 2.50 bits per heavy atom. The average molecular weight is 350 g/mol. The van der Waals surface area contributed by atoms with Crippen molar-refractivity contribution >= 4 is 17.5 Å². The van der Waals surface area contributed by atoms with Crippen LogP contribution in [0.5, 0.6) is 5.75 Å². The number of benzene rings is 2. The zero-order chi connectivity index (χ0) is 18.4. The standard InChI is InChI=1S/C20H18N2O4/c1-25-18-4-2-3-17(11-18)22-20(24)19(23)21-12-14-5-7-15(8-6-14)16-9-10-26-13-16/h2-11,13H,12H2,1H3,(H,21,23)(H,22,24). The Bertz CT molecular complexity index is 886. The van der Waals surface area contributed by atoms with Crippen molar-refractivity contribution in [3.05, 3.63) is 72.7 Å². The van der Waals surface area contributed by atoms with E-state index in [4.69, 9.17) is 9.15 Å². The van der Waals surface area contributed by atoms with Crippen LogP contribution in [0.25, 0.3) is 11.1 Å². The quantitative estimate of drug-likeness (QED) is 0.693. The van der Waals surface area contributed by atoms with Crippen molar-refractivity contribution in [1.82, 2.24) is 5.32 Å². The minimum Gasteiger partial charge on any atom is -0.497 e. The molecule has 6 heteroatoms. The highest BCUT2D eigenvalue weighted by atomic mass is 16.5. The van der Waals surface area contributed by atoms with Gasteiger partial charge in [-0.25, -0.2) is 0 Å². The van der Waals surface area contributed by atoms with E-state index in [9.17, 15) is 9.59 Å². The number of carbonyl (C=O) groups excluding carboxylic acids is 2. The molecule has 0 saturated carbocycles. The second kappa shape index (κ2) is 8.02. The number of hydrogen-bond acceptors (Lipinski definition) is 4. The van der Waals surface area contributed by atoms with Crippen LogP contribution in [0.2, 0.25) is 0 Å². The highest BCUT2D eigenvalue weighted by molar-refractivity contribution is 6.39. The number of methoxy groups -OCH3 is 1. The average Bonchev–Trinajstić information content (AvgIpc) is 3.21. The highest BCUT2D eigenvalue weighted by Gasteiger charge is 2.13. The molecule has 26 heavy (non-hydrogen) atoms. The van der Waals surface area contributed by atoms with Crippen molar-refractivity contribution in [2.75, 3.05) is 12.4 Å². The zero-order valence-electron chi connectivity index (χ0n) is 14.2. The molecule has 1 heterocycles. The van der Waals surface area contributed by atoms with Gasteiger partial charge in [0.2, 0.25) is 0 Å². The van der Waals surface area contributed by atoms with Crippen LogP contribution < -0.4 is 15.4 Å². The maximum atomic E-state index is 12.0. The van der Waals surface area contributed by atoms with Crippen molar-refractivity contribution in [3.63, 3.8) is 0 Å². The molecule has 0 bridgehead atoms. The summed E-state index contributed by atoms with van der Waals surface area (Å²) in [5, 5.41) is 5.14. The molecule has 2 aromatic carbocycles. The molecule has 132 valence electrons. The number of nitrogens with one attached hydrogen (secondary N) is 2. The maximum Gasteiger partial charge on any atom is 0.313 e. The fourth-order valence-corrected chi connectivity index (χ4v) is 2.40. The van der Waals surface area contributed by atoms with Crippen LogP contribution in [0.15, 0.2) is 71.5 Å². The molecular weight excluding hydrogens is 332 g/mol. The van der Waals surface area contributed by atoms with E-state index in [-0.39, 0.29) is 6.54 Å². The lowest BCUT2D eigenvalue weighted by atomic mass is 10.1. The molecule has 0 spiro atoms. The molecule has 0 fully saturated rings. The minimum atomic E-state index is -0.728. The van der Waals surface area contributed by atoms with Crippen molar-refractivity contribution in [3.8, 4) is 16.9 Å². The fourth-order valence-electron chi connectivity index (χ4n) is 2.40. The number of carbonyl (C=O) groups is 2. The molecule has 1 aromatic heterocycles. The predicted molar refractivity (Wildman–Crippen MR) is 97.6 cm³/mol. The van der Waals surface area contributed by atoms with Crippen molar-refractivity contribution in [1.29, 1.82) is 0 Å². The van der Waals surface area contributed by atoms with Crippen LogP contribution in [-0.4, -0.2) is 18.9 Å². The number of ether oxygens (including phenoxy) is 1. The summed E-state index contributed by atoms with van der Waals surface area (Å²) in [5.41, 5.74) is 3.39. The molecule has 3 rings (SSSR count). The molecule has 0 aliphatic rings. The zero-order valence-corrected chi connectivity index (χ0v) is 14.2. The number of rotatable bonds is 5. The van der Waals surface area contributed by atoms with Crippen molar-refractivity contribution in [2.45, 2.75) is 6.54 Å². The monoisotopic (exact) mass is 350 g/mol. The maximum absolute atomic E-state index is 12.0. The van der Waals surface area contributed by atoms with Crippen LogP contribution >= 0.6 is 0 Å². The van der Waals surface area contributed by atoms with Gasteiger partial charge in [-0.05, 0) is 29.3 Å². The first kappa shape index (κ1) is 17.3. The smallest absolute Gasteiger partial charge is 0.313 e. The Kier molecular flexibility index (Phi) is 5.34. The lowest BCUT2D eigenvalue weighted by Crippen LogP contribution is -2.34. The third kappa shape index (κ3) is 4.30. The molecule has 2 amide bonds. The van der Waals surface area contributed by atoms with Crippen molar-refractivity contribution < 1.29 is 18.7 Å². The molecule has 3 aromatic rings. The molecule has 0 radical (unpaired) electrons. The molecule has 0 aliphatic carbocycles. The Hall–Kier alpha value is -3.54. The molecule has 2 N–H and O–H groups in total. The second-order valence-electron chi connectivity index (χ2n) is 5.58. The summed E-state index contributed by atoms with van der Waals surface area (Å²) < 4.78 is 10.1. The van der Waals surface area contributed by atoms with Gasteiger partial charge < -0.3 is 19.8 Å². The first-order valence-electron chi connectivity index (χ1n) is 8.00. The van der Waals surface area contributed by atoms with Crippen molar-refractivity contribution in [2.24, 2.45) is 0 Å². The van der Waals surface area contributed by atoms with Gasteiger partial charge in [0.25, 0.3) is 0 Å². The summed E-state index contributed by atoms with van der Waals surface area (Å²) >= 11 is 0. The topological polar surface area (TPSA) is 80.6 Å². The summed E-state index contributed by atoms with van der Waals surface area (Å²) in [6.07, 6.45) is 3.28. The van der Waals surface area contributed by atoms with E-state index in [0.717, 1.165) is 16.7 Å². The number of hydrogen-bond donors (Lipinski definition) is 2. The van der Waals surface area contributed by atoms with Gasteiger partial charge in [-0.3, -0.25) is 9.59 Å². The van der Waals surface area contributed by atoms with Gasteiger partial charge >= 0.3 is 11.8 Å². The van der Waals surface area contributed by atoms with Crippen LogP contribution in [0, 0.1) is 0 Å². The minimum absolute atomic E-state index is 0.260. The predicted octanol–water partition coefficient (Wildman–Crippen LogP) is 3.21. The molecule has 0 unspecified atom stereocenters. The van der Waals surface area contributed by atoms with Gasteiger partial charge in [-0.2, -0.15) is 0 Å². The second-order valence-corrected chi connectivity index (χ2v) is 5.58. The van der Waals surface area contributed by atoms with Crippen LogP contribution in [0.4, 0.5) is 5.69 Å². The summed E-state index contributed by atoms with van der Waals surface area (Å²) in [6.45, 7) is 0.260. The van der Waals surface area contributed by atoms with E-state index in [0.29, 0.717) is 11.4 Å². The van der Waals surface area contributed by atoms with Gasteiger partial charge in [0, 0.05) is 23.9 Å². The number of anilines is 1. The van der Waals surface area contributed by atoms with Gasteiger partial charge in [0.1, 0.15) is 5.75 Å². The summed E-state index contributed by atoms with van der Waals surface area (Å²) in [5.74, 6) is -0.832. The normalized spacial score (nSPS) is 10.2. The first-order chi connectivity index (χ1) is 12.7. The Balaban J connectivity index is 1.53.